The number of ether oxygens (including phenoxy) is 2. The Morgan fingerprint density at radius 2 is 1.76 bits per heavy atom. The van der Waals surface area contributed by atoms with E-state index >= 15 is 0 Å². The van der Waals surface area contributed by atoms with E-state index in [4.69, 9.17) is 21.1 Å². The maximum Gasteiger partial charge on any atom is 0.124 e. The molecule has 0 saturated carbocycles. The molecule has 21 heavy (non-hydrogen) atoms. The fraction of sp³-hybridized carbons (Fsp3) is 0.333. The van der Waals surface area contributed by atoms with Crippen LogP contribution >= 0.6 is 11.6 Å². The Kier molecular flexibility index (Phi) is 6.09. The van der Waals surface area contributed by atoms with Gasteiger partial charge in [-0.25, -0.2) is 0 Å². The minimum atomic E-state index is -0.204. The minimum absolute atomic E-state index is 0.204. The average molecular weight is 305 g/mol. The smallest absolute Gasteiger partial charge is 0.124 e. The lowest BCUT2D eigenvalue weighted by molar-refractivity contribution is 0.202. The van der Waals surface area contributed by atoms with Gasteiger partial charge < -0.3 is 9.47 Å². The molecule has 0 N–H and O–H groups in total. The Labute approximate surface area is 131 Å². The van der Waals surface area contributed by atoms with Gasteiger partial charge in [-0.15, -0.1) is 11.6 Å². The molecule has 0 bridgehead atoms. The second-order valence-corrected chi connectivity index (χ2v) is 5.25. The Morgan fingerprint density at radius 3 is 2.43 bits per heavy atom. The summed E-state index contributed by atoms with van der Waals surface area (Å²) in [5.41, 5.74) is 3.33. The monoisotopic (exact) mass is 304 g/mol. The van der Waals surface area contributed by atoms with Gasteiger partial charge >= 0.3 is 0 Å². The van der Waals surface area contributed by atoms with E-state index < -0.39 is 0 Å². The summed E-state index contributed by atoms with van der Waals surface area (Å²) in [4.78, 5) is 0. The highest BCUT2D eigenvalue weighted by Crippen LogP contribution is 2.35. The molecule has 0 amide bonds. The third kappa shape index (κ3) is 4.23. The number of rotatable bonds is 7. The standard InChI is InChI=1S/C18H21ClO2/c1-3-21-17-7-5-4-6-16(17)18(19)15-10-8-14(9-11-15)12-13-20-2/h4-11,18H,3,12-13H2,1-2H3. The predicted octanol–water partition coefficient (Wildman–Crippen LogP) is 4.60. The van der Waals surface area contributed by atoms with E-state index in [1.807, 2.05) is 31.2 Å². The lowest BCUT2D eigenvalue weighted by Crippen LogP contribution is -2.00. The molecule has 0 aliphatic rings. The van der Waals surface area contributed by atoms with E-state index in [1.165, 1.54) is 5.56 Å². The normalized spacial score (nSPS) is 12.1. The molecule has 0 spiro atoms. The van der Waals surface area contributed by atoms with Crippen LogP contribution in [0.3, 0.4) is 0 Å². The summed E-state index contributed by atoms with van der Waals surface area (Å²) < 4.78 is 10.7. The Morgan fingerprint density at radius 1 is 1.05 bits per heavy atom. The van der Waals surface area contributed by atoms with Crippen LogP contribution in [-0.2, 0) is 11.2 Å². The molecule has 112 valence electrons. The van der Waals surface area contributed by atoms with Crippen LogP contribution in [0.15, 0.2) is 48.5 Å². The molecule has 0 saturated heterocycles. The lowest BCUT2D eigenvalue weighted by Gasteiger charge is -2.15. The molecule has 2 rings (SSSR count). The molecule has 0 aliphatic carbocycles. The molecule has 0 fully saturated rings. The maximum atomic E-state index is 6.62. The lowest BCUT2D eigenvalue weighted by atomic mass is 10.0. The third-order valence-electron chi connectivity index (χ3n) is 3.36. The zero-order chi connectivity index (χ0) is 15.1. The molecular weight excluding hydrogens is 284 g/mol. The summed E-state index contributed by atoms with van der Waals surface area (Å²) in [5.74, 6) is 0.850. The number of benzene rings is 2. The predicted molar refractivity (Wildman–Crippen MR) is 87.3 cm³/mol. The van der Waals surface area contributed by atoms with Crippen molar-refractivity contribution >= 4 is 11.6 Å². The topological polar surface area (TPSA) is 18.5 Å². The molecule has 1 unspecified atom stereocenters. The summed E-state index contributed by atoms with van der Waals surface area (Å²) in [6.07, 6.45) is 0.916. The van der Waals surface area contributed by atoms with Crippen molar-refractivity contribution in [2.75, 3.05) is 20.3 Å². The van der Waals surface area contributed by atoms with Gasteiger partial charge in [0, 0.05) is 12.7 Å². The fourth-order valence-electron chi connectivity index (χ4n) is 2.23. The highest BCUT2D eigenvalue weighted by Gasteiger charge is 2.15. The van der Waals surface area contributed by atoms with Gasteiger partial charge in [-0.3, -0.25) is 0 Å². The summed E-state index contributed by atoms with van der Waals surface area (Å²) in [6, 6.07) is 16.3. The SMILES string of the molecule is CCOc1ccccc1C(Cl)c1ccc(CCOC)cc1. The Bertz CT molecular complexity index is 551. The van der Waals surface area contributed by atoms with E-state index in [9.17, 15) is 0 Å². The van der Waals surface area contributed by atoms with Crippen molar-refractivity contribution in [3.05, 3.63) is 65.2 Å². The third-order valence-corrected chi connectivity index (χ3v) is 3.85. The van der Waals surface area contributed by atoms with Gasteiger partial charge in [0.05, 0.1) is 18.6 Å². The van der Waals surface area contributed by atoms with E-state index in [1.54, 1.807) is 7.11 Å². The van der Waals surface area contributed by atoms with E-state index in [0.29, 0.717) is 6.61 Å². The summed E-state index contributed by atoms with van der Waals surface area (Å²) in [5, 5.41) is -0.204. The van der Waals surface area contributed by atoms with Crippen LogP contribution in [0, 0.1) is 0 Å². The molecule has 0 aliphatic heterocycles. The van der Waals surface area contributed by atoms with E-state index in [-0.39, 0.29) is 5.38 Å². The van der Waals surface area contributed by atoms with Gasteiger partial charge in [-0.1, -0.05) is 42.5 Å². The highest BCUT2D eigenvalue weighted by molar-refractivity contribution is 6.22. The molecule has 0 heterocycles. The number of halogens is 1. The molecular formula is C18H21ClO2. The molecule has 0 aromatic heterocycles. The molecule has 2 aromatic carbocycles. The summed E-state index contributed by atoms with van der Waals surface area (Å²) >= 11 is 6.62. The van der Waals surface area contributed by atoms with Crippen molar-refractivity contribution in [1.82, 2.24) is 0 Å². The van der Waals surface area contributed by atoms with Crippen molar-refractivity contribution in [2.24, 2.45) is 0 Å². The number of hydrogen-bond donors (Lipinski definition) is 0. The van der Waals surface area contributed by atoms with Crippen LogP contribution in [0.25, 0.3) is 0 Å². The molecule has 3 heteroatoms. The average Bonchev–Trinajstić information content (AvgIpc) is 2.53. The molecule has 0 radical (unpaired) electrons. The van der Waals surface area contributed by atoms with Crippen LogP contribution in [0.5, 0.6) is 5.75 Å². The van der Waals surface area contributed by atoms with Gasteiger partial charge in [0.1, 0.15) is 5.75 Å². The van der Waals surface area contributed by atoms with Gasteiger partial charge in [-0.2, -0.15) is 0 Å². The van der Waals surface area contributed by atoms with E-state index in [2.05, 4.69) is 24.3 Å². The number of hydrogen-bond acceptors (Lipinski definition) is 2. The second kappa shape index (κ2) is 8.06. The first kappa shape index (κ1) is 15.9. The number of alkyl halides is 1. The van der Waals surface area contributed by atoms with Crippen molar-refractivity contribution in [3.8, 4) is 5.75 Å². The van der Waals surface area contributed by atoms with Crippen LogP contribution in [0.1, 0.15) is 29.0 Å². The van der Waals surface area contributed by atoms with Crippen LogP contribution < -0.4 is 4.74 Å². The van der Waals surface area contributed by atoms with Crippen molar-refractivity contribution in [1.29, 1.82) is 0 Å². The Hall–Kier alpha value is -1.51. The summed E-state index contributed by atoms with van der Waals surface area (Å²) in [7, 11) is 1.72. The van der Waals surface area contributed by atoms with Crippen LogP contribution in [0.4, 0.5) is 0 Å². The van der Waals surface area contributed by atoms with Crippen LogP contribution in [-0.4, -0.2) is 20.3 Å². The number of methoxy groups -OCH3 is 1. The first-order valence-electron chi connectivity index (χ1n) is 7.19. The zero-order valence-corrected chi connectivity index (χ0v) is 13.3. The van der Waals surface area contributed by atoms with Crippen molar-refractivity contribution in [2.45, 2.75) is 18.7 Å². The molecule has 1 atom stereocenters. The van der Waals surface area contributed by atoms with Gasteiger partial charge in [0.15, 0.2) is 0 Å². The largest absolute Gasteiger partial charge is 0.494 e. The van der Waals surface area contributed by atoms with Gasteiger partial charge in [0.2, 0.25) is 0 Å². The van der Waals surface area contributed by atoms with Crippen molar-refractivity contribution in [3.63, 3.8) is 0 Å². The first-order chi connectivity index (χ1) is 10.3. The quantitative estimate of drug-likeness (QED) is 0.696. The highest BCUT2D eigenvalue weighted by atomic mass is 35.5. The summed E-state index contributed by atoms with van der Waals surface area (Å²) in [6.45, 7) is 3.35. The minimum Gasteiger partial charge on any atom is -0.494 e. The maximum absolute atomic E-state index is 6.62. The van der Waals surface area contributed by atoms with Crippen molar-refractivity contribution < 1.29 is 9.47 Å². The number of para-hydroxylation sites is 1. The van der Waals surface area contributed by atoms with Gasteiger partial charge in [-0.05, 0) is 30.5 Å². The van der Waals surface area contributed by atoms with Crippen LogP contribution in [0.2, 0.25) is 0 Å². The zero-order valence-electron chi connectivity index (χ0n) is 12.5. The molecule has 2 nitrogen and oxygen atoms in total. The van der Waals surface area contributed by atoms with Gasteiger partial charge in [0.25, 0.3) is 0 Å². The first-order valence-corrected chi connectivity index (χ1v) is 7.63. The van der Waals surface area contributed by atoms with E-state index in [0.717, 1.165) is 29.9 Å². The fourth-order valence-corrected chi connectivity index (χ4v) is 2.56. The second-order valence-electron chi connectivity index (χ2n) is 4.82. The molecule has 2 aromatic rings. The Balaban J connectivity index is 2.17.